The normalized spacial score (nSPS) is 22.2. The lowest BCUT2D eigenvalue weighted by Crippen LogP contribution is -2.48. The number of rotatable bonds is 3. The van der Waals surface area contributed by atoms with Gasteiger partial charge in [0.2, 0.25) is 0 Å². The van der Waals surface area contributed by atoms with Crippen LogP contribution in [0.25, 0.3) is 5.69 Å². The molecule has 1 aliphatic heterocycles. The third-order valence-electron chi connectivity index (χ3n) is 3.86. The van der Waals surface area contributed by atoms with Crippen LogP contribution in [0.2, 0.25) is 0 Å². The van der Waals surface area contributed by atoms with Gasteiger partial charge in [0, 0.05) is 6.54 Å². The van der Waals surface area contributed by atoms with Crippen LogP contribution in [0.4, 0.5) is 5.95 Å². The zero-order valence-corrected chi connectivity index (χ0v) is 11.8. The molecular formula is C14H17N5O2. The number of tetrazole rings is 1. The fraction of sp³-hybridized carbons (Fsp3) is 0.429. The highest BCUT2D eigenvalue weighted by atomic mass is 16.4. The highest BCUT2D eigenvalue weighted by Crippen LogP contribution is 2.27. The maximum Gasteiger partial charge on any atom is 0.326 e. The summed E-state index contributed by atoms with van der Waals surface area (Å²) in [6.07, 6.45) is 1.54. The lowest BCUT2D eigenvalue weighted by Gasteiger charge is -2.35. The Bertz CT molecular complexity index is 627. The summed E-state index contributed by atoms with van der Waals surface area (Å²) in [6, 6.07) is 8.91. The van der Waals surface area contributed by atoms with E-state index in [9.17, 15) is 9.90 Å². The SMILES string of the molecule is CC1CCN(c2nnnn2-c2ccccc2)C(C(=O)O)C1. The monoisotopic (exact) mass is 287 g/mol. The van der Waals surface area contributed by atoms with E-state index in [-0.39, 0.29) is 0 Å². The van der Waals surface area contributed by atoms with Crippen LogP contribution in [-0.4, -0.2) is 43.9 Å². The van der Waals surface area contributed by atoms with E-state index in [1.165, 1.54) is 0 Å². The molecule has 1 N–H and O–H groups in total. The van der Waals surface area contributed by atoms with Crippen molar-refractivity contribution in [2.24, 2.45) is 5.92 Å². The summed E-state index contributed by atoms with van der Waals surface area (Å²) < 4.78 is 1.59. The molecule has 0 amide bonds. The van der Waals surface area contributed by atoms with Gasteiger partial charge in [-0.3, -0.25) is 0 Å². The summed E-state index contributed by atoms with van der Waals surface area (Å²) in [4.78, 5) is 13.3. The Kier molecular flexibility index (Phi) is 3.55. The Morgan fingerprint density at radius 2 is 2.10 bits per heavy atom. The Morgan fingerprint density at radius 3 is 2.81 bits per heavy atom. The van der Waals surface area contributed by atoms with Gasteiger partial charge in [-0.05, 0) is 41.3 Å². The molecule has 1 aromatic heterocycles. The van der Waals surface area contributed by atoms with Crippen molar-refractivity contribution in [2.75, 3.05) is 11.4 Å². The van der Waals surface area contributed by atoms with E-state index in [0.29, 0.717) is 24.8 Å². The average molecular weight is 287 g/mol. The summed E-state index contributed by atoms with van der Waals surface area (Å²) in [5, 5.41) is 21.2. The second-order valence-corrected chi connectivity index (χ2v) is 5.40. The zero-order chi connectivity index (χ0) is 14.8. The number of anilines is 1. The molecule has 7 heteroatoms. The molecule has 0 bridgehead atoms. The van der Waals surface area contributed by atoms with Crippen LogP contribution in [0.15, 0.2) is 30.3 Å². The second-order valence-electron chi connectivity index (χ2n) is 5.40. The van der Waals surface area contributed by atoms with E-state index in [0.717, 1.165) is 12.1 Å². The summed E-state index contributed by atoms with van der Waals surface area (Å²) in [5.74, 6) is 0.0491. The van der Waals surface area contributed by atoms with Crippen LogP contribution < -0.4 is 4.90 Å². The van der Waals surface area contributed by atoms with Crippen molar-refractivity contribution in [2.45, 2.75) is 25.8 Å². The van der Waals surface area contributed by atoms with Crippen LogP contribution >= 0.6 is 0 Å². The molecular weight excluding hydrogens is 270 g/mol. The Morgan fingerprint density at radius 1 is 1.33 bits per heavy atom. The highest BCUT2D eigenvalue weighted by Gasteiger charge is 2.34. The summed E-state index contributed by atoms with van der Waals surface area (Å²) in [6.45, 7) is 2.72. The van der Waals surface area contributed by atoms with Gasteiger partial charge in [0.25, 0.3) is 5.95 Å². The summed E-state index contributed by atoms with van der Waals surface area (Å²) in [5.41, 5.74) is 0.820. The van der Waals surface area contributed by atoms with Gasteiger partial charge in [0.15, 0.2) is 0 Å². The second kappa shape index (κ2) is 5.51. The average Bonchev–Trinajstić information content (AvgIpc) is 2.97. The maximum atomic E-state index is 11.5. The molecule has 110 valence electrons. The number of carboxylic acids is 1. The molecule has 7 nitrogen and oxygen atoms in total. The number of carboxylic acid groups (broad SMARTS) is 1. The summed E-state index contributed by atoms with van der Waals surface area (Å²) >= 11 is 0. The fourth-order valence-corrected chi connectivity index (χ4v) is 2.71. The quantitative estimate of drug-likeness (QED) is 0.917. The van der Waals surface area contributed by atoms with Crippen LogP contribution in [-0.2, 0) is 4.79 Å². The Balaban J connectivity index is 1.97. The molecule has 0 spiro atoms. The van der Waals surface area contributed by atoms with E-state index in [1.54, 1.807) is 9.58 Å². The number of carbonyl (C=O) groups is 1. The maximum absolute atomic E-state index is 11.5. The van der Waals surface area contributed by atoms with E-state index in [2.05, 4.69) is 22.4 Å². The third kappa shape index (κ3) is 2.58. The molecule has 1 saturated heterocycles. The van der Waals surface area contributed by atoms with E-state index < -0.39 is 12.0 Å². The number of nitrogens with zero attached hydrogens (tertiary/aromatic N) is 5. The van der Waals surface area contributed by atoms with Crippen LogP contribution in [0.5, 0.6) is 0 Å². The minimum absolute atomic E-state index is 0.392. The van der Waals surface area contributed by atoms with Gasteiger partial charge in [-0.1, -0.05) is 30.2 Å². The van der Waals surface area contributed by atoms with Gasteiger partial charge in [-0.25, -0.2) is 4.79 Å². The summed E-state index contributed by atoms with van der Waals surface area (Å²) in [7, 11) is 0. The molecule has 2 unspecified atom stereocenters. The molecule has 0 radical (unpaired) electrons. The number of hydrogen-bond acceptors (Lipinski definition) is 5. The van der Waals surface area contributed by atoms with Gasteiger partial charge in [-0.2, -0.15) is 4.68 Å². The van der Waals surface area contributed by atoms with Crippen molar-refractivity contribution in [3.8, 4) is 5.69 Å². The first-order valence-electron chi connectivity index (χ1n) is 7.00. The molecule has 0 aliphatic carbocycles. The number of benzene rings is 1. The van der Waals surface area contributed by atoms with Gasteiger partial charge < -0.3 is 10.0 Å². The van der Waals surface area contributed by atoms with Gasteiger partial charge in [0.05, 0.1) is 5.69 Å². The minimum atomic E-state index is -0.829. The molecule has 1 aliphatic rings. The van der Waals surface area contributed by atoms with Gasteiger partial charge in [-0.15, -0.1) is 0 Å². The topological polar surface area (TPSA) is 84.1 Å². The van der Waals surface area contributed by atoms with Crippen molar-refractivity contribution in [1.82, 2.24) is 20.2 Å². The Labute approximate surface area is 122 Å². The van der Waals surface area contributed by atoms with Crippen LogP contribution in [0.1, 0.15) is 19.8 Å². The minimum Gasteiger partial charge on any atom is -0.480 e. The van der Waals surface area contributed by atoms with Gasteiger partial charge >= 0.3 is 5.97 Å². The van der Waals surface area contributed by atoms with Crippen LogP contribution in [0.3, 0.4) is 0 Å². The van der Waals surface area contributed by atoms with Crippen molar-refractivity contribution in [3.05, 3.63) is 30.3 Å². The number of aromatic nitrogens is 4. The first-order chi connectivity index (χ1) is 10.2. The van der Waals surface area contributed by atoms with Crippen molar-refractivity contribution in [3.63, 3.8) is 0 Å². The molecule has 2 aromatic rings. The third-order valence-corrected chi connectivity index (χ3v) is 3.86. The molecule has 2 atom stereocenters. The fourth-order valence-electron chi connectivity index (χ4n) is 2.71. The molecule has 1 fully saturated rings. The lowest BCUT2D eigenvalue weighted by molar-refractivity contribution is -0.139. The molecule has 0 saturated carbocycles. The smallest absolute Gasteiger partial charge is 0.326 e. The number of piperidine rings is 1. The molecule has 3 rings (SSSR count). The van der Waals surface area contributed by atoms with E-state index in [4.69, 9.17) is 0 Å². The first kappa shape index (κ1) is 13.5. The number of hydrogen-bond donors (Lipinski definition) is 1. The first-order valence-corrected chi connectivity index (χ1v) is 7.00. The highest BCUT2D eigenvalue weighted by molar-refractivity contribution is 5.77. The predicted molar refractivity (Wildman–Crippen MR) is 76.3 cm³/mol. The molecule has 2 heterocycles. The van der Waals surface area contributed by atoms with Crippen molar-refractivity contribution < 1.29 is 9.90 Å². The van der Waals surface area contributed by atoms with Crippen molar-refractivity contribution >= 4 is 11.9 Å². The number of aliphatic carboxylic acids is 1. The number of para-hydroxylation sites is 1. The Hall–Kier alpha value is -2.44. The van der Waals surface area contributed by atoms with Crippen molar-refractivity contribution in [1.29, 1.82) is 0 Å². The van der Waals surface area contributed by atoms with Crippen LogP contribution in [0, 0.1) is 5.92 Å². The predicted octanol–water partition coefficient (Wildman–Crippen LogP) is 1.35. The standard InChI is InChI=1S/C14H17N5O2/c1-10-7-8-18(12(9-10)13(20)21)14-15-16-17-19(14)11-5-3-2-4-6-11/h2-6,10,12H,7-9H2,1H3,(H,20,21). The molecule has 1 aromatic carbocycles. The lowest BCUT2D eigenvalue weighted by atomic mass is 9.93. The molecule has 21 heavy (non-hydrogen) atoms. The van der Waals surface area contributed by atoms with E-state index in [1.807, 2.05) is 30.3 Å². The zero-order valence-electron chi connectivity index (χ0n) is 11.8. The van der Waals surface area contributed by atoms with E-state index >= 15 is 0 Å². The largest absolute Gasteiger partial charge is 0.480 e. The van der Waals surface area contributed by atoms with Gasteiger partial charge in [0.1, 0.15) is 6.04 Å².